The lowest BCUT2D eigenvalue weighted by Gasteiger charge is -2.41. The number of nitrogens with zero attached hydrogens (tertiary/aromatic N) is 3. The Balaban J connectivity index is 1.51. The number of piperidine rings is 1. The first-order valence-electron chi connectivity index (χ1n) is 13.1. The Bertz CT molecular complexity index is 1250. The van der Waals surface area contributed by atoms with Gasteiger partial charge in [0, 0.05) is 50.3 Å². The van der Waals surface area contributed by atoms with Gasteiger partial charge in [0.1, 0.15) is 18.4 Å². The molecule has 7 nitrogen and oxygen atoms in total. The topological polar surface area (TPSA) is 76.8 Å². The molecule has 1 aromatic heterocycles. The van der Waals surface area contributed by atoms with Gasteiger partial charge in [0.25, 0.3) is 0 Å². The first kappa shape index (κ1) is 28.2. The molecule has 1 aliphatic rings. The second-order valence-corrected chi connectivity index (χ2v) is 17.1. The second kappa shape index (κ2) is 11.5. The highest BCUT2D eigenvalue weighted by molar-refractivity contribution is 6.76. The number of aromatic nitrogens is 2. The fraction of sp³-hybridized carbons (Fsp3) is 0.500. The Labute approximate surface area is 223 Å². The molecule has 0 radical (unpaired) electrons. The van der Waals surface area contributed by atoms with E-state index >= 15 is 0 Å². The average Bonchev–Trinajstić information content (AvgIpc) is 3.27. The van der Waals surface area contributed by atoms with Crippen LogP contribution in [0.2, 0.25) is 25.7 Å². The van der Waals surface area contributed by atoms with Crippen molar-refractivity contribution >= 4 is 25.1 Å². The Hall–Kier alpha value is -2.82. The summed E-state index contributed by atoms with van der Waals surface area (Å²) in [5.74, 6) is -0.700. The van der Waals surface area contributed by atoms with E-state index in [9.17, 15) is 18.7 Å². The van der Waals surface area contributed by atoms with E-state index < -0.39 is 25.7 Å². The molecule has 3 aromatic rings. The Morgan fingerprint density at radius 3 is 2.45 bits per heavy atom. The second-order valence-electron chi connectivity index (χ2n) is 11.5. The average molecular weight is 546 g/mol. The van der Waals surface area contributed by atoms with Gasteiger partial charge in [-0.2, -0.15) is 5.10 Å². The van der Waals surface area contributed by atoms with Crippen molar-refractivity contribution in [2.75, 3.05) is 26.3 Å². The molecule has 1 saturated heterocycles. The smallest absolute Gasteiger partial charge is 0.407 e. The van der Waals surface area contributed by atoms with E-state index in [0.717, 1.165) is 11.6 Å². The van der Waals surface area contributed by atoms with Gasteiger partial charge in [-0.1, -0.05) is 31.8 Å². The highest BCUT2D eigenvalue weighted by atomic mass is 28.3. The molecular formula is C28H37F2N3O4Si. The quantitative estimate of drug-likeness (QED) is 0.235. The minimum absolute atomic E-state index is 0.284. The van der Waals surface area contributed by atoms with E-state index in [0.29, 0.717) is 55.7 Å². The predicted octanol–water partition coefficient (Wildman–Crippen LogP) is 6.42. The number of carbonyl (C=O) groups is 1. The minimum atomic E-state index is -1.20. The fourth-order valence-corrected chi connectivity index (χ4v) is 5.66. The van der Waals surface area contributed by atoms with E-state index in [-0.39, 0.29) is 18.2 Å². The van der Waals surface area contributed by atoms with Gasteiger partial charge in [0.2, 0.25) is 0 Å². The van der Waals surface area contributed by atoms with Crippen LogP contribution < -0.4 is 0 Å². The molecule has 1 unspecified atom stereocenters. The molecule has 2 heterocycles. The summed E-state index contributed by atoms with van der Waals surface area (Å²) in [6, 6.07) is 10.3. The maximum atomic E-state index is 14.6. The summed E-state index contributed by atoms with van der Waals surface area (Å²) >= 11 is 0. The Kier molecular flexibility index (Phi) is 8.54. The zero-order valence-corrected chi connectivity index (χ0v) is 23.5. The maximum absolute atomic E-state index is 14.6. The number of hydrogen-bond acceptors (Lipinski definition) is 4. The van der Waals surface area contributed by atoms with Crippen LogP contribution in [-0.4, -0.2) is 60.3 Å². The van der Waals surface area contributed by atoms with Crippen molar-refractivity contribution < 1.29 is 28.2 Å². The van der Waals surface area contributed by atoms with Gasteiger partial charge in [0.05, 0.1) is 18.2 Å². The molecule has 206 valence electrons. The molecule has 1 fully saturated rings. The van der Waals surface area contributed by atoms with Crippen molar-refractivity contribution in [1.82, 2.24) is 14.7 Å². The number of halogens is 2. The Morgan fingerprint density at radius 2 is 1.82 bits per heavy atom. The van der Waals surface area contributed by atoms with Gasteiger partial charge >= 0.3 is 6.09 Å². The van der Waals surface area contributed by atoms with Gasteiger partial charge in [0.15, 0.2) is 0 Å². The highest BCUT2D eigenvalue weighted by Crippen LogP contribution is 2.38. The molecule has 0 saturated carbocycles. The largest absolute Gasteiger partial charge is 0.465 e. The number of rotatable bonds is 10. The third kappa shape index (κ3) is 6.78. The molecule has 1 atom stereocenters. The summed E-state index contributed by atoms with van der Waals surface area (Å²) in [5, 5.41) is 14.7. The van der Waals surface area contributed by atoms with E-state index in [2.05, 4.69) is 24.7 Å². The molecule has 10 heteroatoms. The van der Waals surface area contributed by atoms with Crippen LogP contribution in [0.5, 0.6) is 0 Å². The molecule has 0 aliphatic carbocycles. The van der Waals surface area contributed by atoms with Crippen LogP contribution in [0, 0.1) is 11.6 Å². The number of benzene rings is 2. The summed E-state index contributed by atoms with van der Waals surface area (Å²) in [4.78, 5) is 12.9. The van der Waals surface area contributed by atoms with Crippen molar-refractivity contribution in [3.63, 3.8) is 0 Å². The first-order chi connectivity index (χ1) is 18.0. The van der Waals surface area contributed by atoms with E-state index in [4.69, 9.17) is 9.47 Å². The third-order valence-corrected chi connectivity index (χ3v) is 9.07. The van der Waals surface area contributed by atoms with E-state index in [1.165, 1.54) is 29.2 Å². The van der Waals surface area contributed by atoms with Crippen LogP contribution in [0.25, 0.3) is 10.9 Å². The molecule has 38 heavy (non-hydrogen) atoms. The molecule has 1 aliphatic heterocycles. The van der Waals surface area contributed by atoms with Crippen molar-refractivity contribution in [2.24, 2.45) is 0 Å². The maximum Gasteiger partial charge on any atom is 0.407 e. The number of ether oxygens (including phenoxy) is 2. The van der Waals surface area contributed by atoms with Crippen LogP contribution in [0.4, 0.5) is 13.6 Å². The van der Waals surface area contributed by atoms with Crippen molar-refractivity contribution in [1.29, 1.82) is 0 Å². The van der Waals surface area contributed by atoms with E-state index in [1.54, 1.807) is 23.0 Å². The van der Waals surface area contributed by atoms with E-state index in [1.807, 2.05) is 6.92 Å². The lowest BCUT2D eigenvalue weighted by molar-refractivity contribution is 0.00543. The molecule has 4 rings (SSSR count). The van der Waals surface area contributed by atoms with Crippen molar-refractivity contribution in [3.05, 3.63) is 65.4 Å². The fourth-order valence-electron chi connectivity index (χ4n) is 4.91. The zero-order valence-electron chi connectivity index (χ0n) is 22.5. The van der Waals surface area contributed by atoms with Crippen molar-refractivity contribution in [3.8, 4) is 0 Å². The van der Waals surface area contributed by atoms with Crippen LogP contribution in [0.3, 0.4) is 0 Å². The predicted molar refractivity (Wildman–Crippen MR) is 145 cm³/mol. The summed E-state index contributed by atoms with van der Waals surface area (Å²) in [5.41, 5.74) is 1.71. The molecule has 0 spiro atoms. The van der Waals surface area contributed by atoms with Crippen LogP contribution in [0.1, 0.15) is 37.0 Å². The van der Waals surface area contributed by atoms with Crippen LogP contribution in [-0.2, 0) is 21.6 Å². The summed E-state index contributed by atoms with van der Waals surface area (Å²) in [7, 11) is -1.20. The highest BCUT2D eigenvalue weighted by Gasteiger charge is 2.38. The first-order valence-corrected chi connectivity index (χ1v) is 16.8. The lowest BCUT2D eigenvalue weighted by atomic mass is 9.73. The third-order valence-electron chi connectivity index (χ3n) is 7.37. The van der Waals surface area contributed by atoms with Crippen molar-refractivity contribution in [2.45, 2.75) is 63.7 Å². The monoisotopic (exact) mass is 545 g/mol. The minimum Gasteiger partial charge on any atom is -0.465 e. The van der Waals surface area contributed by atoms with Crippen LogP contribution >= 0.6 is 0 Å². The number of carboxylic acid groups (broad SMARTS) is 1. The lowest BCUT2D eigenvalue weighted by Crippen LogP contribution is -2.47. The van der Waals surface area contributed by atoms with Gasteiger partial charge in [-0.15, -0.1) is 0 Å². The summed E-state index contributed by atoms with van der Waals surface area (Å²) in [6.07, 6.45) is 1.44. The number of hydrogen-bond donors (Lipinski definition) is 1. The molecule has 1 N–H and O–H groups in total. The number of amides is 1. The van der Waals surface area contributed by atoms with Crippen LogP contribution in [0.15, 0.2) is 42.6 Å². The summed E-state index contributed by atoms with van der Waals surface area (Å²) in [6.45, 7) is 10.7. The van der Waals surface area contributed by atoms with Gasteiger partial charge < -0.3 is 19.5 Å². The van der Waals surface area contributed by atoms with Gasteiger partial charge in [-0.25, -0.2) is 18.3 Å². The molecular weight excluding hydrogens is 508 g/mol. The normalized spacial score (nSPS) is 16.6. The summed E-state index contributed by atoms with van der Waals surface area (Å²) < 4.78 is 42.1. The SMILES string of the molecule is CC(OCC1(c2ccc(F)cc2)CCN(C(=O)O)CC1)c1cc(F)cc2cn(COCC[Si](C)(C)C)nc12. The number of fused-ring (bicyclic) bond motifs is 1. The van der Waals surface area contributed by atoms with Gasteiger partial charge in [-0.05, 0) is 55.6 Å². The molecule has 1 amide bonds. The molecule has 0 bridgehead atoms. The zero-order chi connectivity index (χ0) is 27.5. The number of likely N-dealkylation sites (tertiary alicyclic amines) is 1. The standard InChI is InChI=1S/C28H37F2N3O4Si/c1-20(25-16-24(30)15-21-17-33(31-26(21)25)19-36-13-14-38(2,3)4)37-18-28(22-5-7-23(29)8-6-22)9-11-32(12-10-28)27(34)35/h5-8,15-17,20H,9-14,18-19H2,1-4H3,(H,34,35). The molecule has 2 aromatic carbocycles. The Morgan fingerprint density at radius 1 is 1.13 bits per heavy atom. The van der Waals surface area contributed by atoms with Gasteiger partial charge in [-0.3, -0.25) is 0 Å².